The van der Waals surface area contributed by atoms with Gasteiger partial charge < -0.3 is 5.32 Å². The maximum Gasteiger partial charge on any atom is 0.422 e. The average molecular weight is 493 g/mol. The minimum Gasteiger partial charge on any atom is -0.329 e. The van der Waals surface area contributed by atoms with Gasteiger partial charge in [-0.2, -0.15) is 18.2 Å². The highest BCUT2D eigenvalue weighted by molar-refractivity contribution is 6.35. The van der Waals surface area contributed by atoms with E-state index in [9.17, 15) is 32.3 Å². The number of carbonyl (C=O) groups is 4. The molecular weight excluding hydrogens is 477 g/mol. The fraction of sp³-hybridized carbons (Fsp3) is 0.227. The van der Waals surface area contributed by atoms with Crippen LogP contribution in [0.1, 0.15) is 21.5 Å². The van der Waals surface area contributed by atoms with Gasteiger partial charge in [0.25, 0.3) is 11.8 Å². The van der Waals surface area contributed by atoms with E-state index in [1.165, 1.54) is 24.3 Å². The fourth-order valence-corrected chi connectivity index (χ4v) is 3.98. The van der Waals surface area contributed by atoms with Gasteiger partial charge in [0.15, 0.2) is 0 Å². The lowest BCUT2D eigenvalue weighted by Crippen LogP contribution is -2.72. The number of fused-ring (bicyclic) bond motifs is 1. The van der Waals surface area contributed by atoms with E-state index in [1.807, 2.05) is 5.32 Å². The molecule has 0 radical (unpaired) electrons. The summed E-state index contributed by atoms with van der Waals surface area (Å²) in [5.74, 6) is -7.57. The predicted molar refractivity (Wildman–Crippen MR) is 116 cm³/mol. The van der Waals surface area contributed by atoms with E-state index >= 15 is 0 Å². The second kappa shape index (κ2) is 7.94. The second-order valence-corrected chi connectivity index (χ2v) is 8.31. The molecule has 2 unspecified atom stereocenters. The van der Waals surface area contributed by atoms with E-state index < -0.39 is 47.2 Å². The number of nitrogens with zero attached hydrogens (tertiary/aromatic N) is 2. The molecule has 8 nitrogen and oxygen atoms in total. The monoisotopic (exact) mass is 492 g/mol. The zero-order chi connectivity index (χ0) is 25.0. The molecule has 2 aliphatic heterocycles. The first-order valence-corrected chi connectivity index (χ1v) is 10.2. The zero-order valence-electron chi connectivity index (χ0n) is 17.7. The topological polar surface area (TPSA) is 108 Å². The number of nitrogens with one attached hydrogen (secondary N) is 2. The van der Waals surface area contributed by atoms with E-state index in [-0.39, 0.29) is 16.3 Å². The van der Waals surface area contributed by atoms with Gasteiger partial charge in [-0.1, -0.05) is 17.7 Å². The third kappa shape index (κ3) is 3.52. The van der Waals surface area contributed by atoms with Gasteiger partial charge in [-0.25, -0.2) is 9.69 Å². The van der Waals surface area contributed by atoms with Crippen LogP contribution in [0.25, 0.3) is 0 Å². The number of aryl methyl sites for hydroxylation is 2. The van der Waals surface area contributed by atoms with Gasteiger partial charge in [-0.05, 0) is 61.4 Å². The Kier molecular flexibility index (Phi) is 5.47. The van der Waals surface area contributed by atoms with Crippen LogP contribution in [0.5, 0.6) is 0 Å². The van der Waals surface area contributed by atoms with Gasteiger partial charge >= 0.3 is 12.2 Å². The van der Waals surface area contributed by atoms with Gasteiger partial charge in [0.1, 0.15) is 11.8 Å². The van der Waals surface area contributed by atoms with Crippen molar-refractivity contribution in [1.82, 2.24) is 10.6 Å². The Labute approximate surface area is 195 Å². The molecule has 1 fully saturated rings. The molecule has 0 saturated carbocycles. The Morgan fingerprint density at radius 2 is 1.74 bits per heavy atom. The van der Waals surface area contributed by atoms with Gasteiger partial charge in [0, 0.05) is 10.6 Å². The molecule has 2 atom stereocenters. The molecule has 2 N–H and O–H groups in total. The number of amidine groups is 1. The van der Waals surface area contributed by atoms with Crippen molar-refractivity contribution < 1.29 is 32.3 Å². The Hall–Kier alpha value is -3.73. The Morgan fingerprint density at radius 1 is 1.09 bits per heavy atom. The molecule has 176 valence electrons. The number of benzene rings is 2. The first-order chi connectivity index (χ1) is 15.9. The molecule has 0 bridgehead atoms. The van der Waals surface area contributed by atoms with Gasteiger partial charge in [0.2, 0.25) is 11.4 Å². The van der Waals surface area contributed by atoms with E-state index in [4.69, 9.17) is 11.6 Å². The molecule has 0 aliphatic carbocycles. The zero-order valence-corrected chi connectivity index (χ0v) is 18.4. The van der Waals surface area contributed by atoms with E-state index in [1.54, 1.807) is 25.2 Å². The third-order valence-corrected chi connectivity index (χ3v) is 6.03. The summed E-state index contributed by atoms with van der Waals surface area (Å²) in [5.41, 5.74) is -2.29. The van der Waals surface area contributed by atoms with Crippen molar-refractivity contribution in [2.75, 3.05) is 4.90 Å². The number of rotatable bonds is 3. The molecule has 0 aromatic heterocycles. The van der Waals surface area contributed by atoms with Crippen molar-refractivity contribution >= 4 is 46.9 Å². The lowest BCUT2D eigenvalue weighted by atomic mass is 9.81. The molecular formula is C22H16ClF3N4O4. The smallest absolute Gasteiger partial charge is 0.329 e. The maximum absolute atomic E-state index is 14.5. The van der Waals surface area contributed by atoms with Crippen molar-refractivity contribution in [2.45, 2.75) is 25.6 Å². The molecule has 0 spiro atoms. The third-order valence-electron chi connectivity index (χ3n) is 5.78. The summed E-state index contributed by atoms with van der Waals surface area (Å²) in [7, 11) is 0. The summed E-state index contributed by atoms with van der Waals surface area (Å²) >= 11 is 5.75. The van der Waals surface area contributed by atoms with Crippen LogP contribution >= 0.6 is 11.6 Å². The van der Waals surface area contributed by atoms with Crippen LogP contribution in [-0.2, 0) is 9.59 Å². The van der Waals surface area contributed by atoms with E-state index in [2.05, 4.69) is 4.99 Å². The largest absolute Gasteiger partial charge is 0.422 e. The standard InChI is InChI=1S/C22H16ClF3N4O4/c1-10-3-8-14(9-11(10)2)30-16-15(18(32)28-20(30)34)21(19(33)27-16,22(24,25)26)29-17(31)12-4-6-13(23)7-5-12/h3-9,15H,1-2H3,(H,29,31)(H,28,32,34). The minimum atomic E-state index is -5.44. The molecule has 4 rings (SSSR count). The summed E-state index contributed by atoms with van der Waals surface area (Å²) < 4.78 is 43.4. The number of urea groups is 1. The number of anilines is 1. The highest BCUT2D eigenvalue weighted by Crippen LogP contribution is 2.44. The average Bonchev–Trinajstić information content (AvgIpc) is 3.04. The lowest BCUT2D eigenvalue weighted by Gasteiger charge is -2.39. The highest BCUT2D eigenvalue weighted by atomic mass is 35.5. The molecule has 12 heteroatoms. The predicted octanol–water partition coefficient (Wildman–Crippen LogP) is 3.30. The molecule has 2 aromatic carbocycles. The maximum atomic E-state index is 14.5. The summed E-state index contributed by atoms with van der Waals surface area (Å²) in [6, 6.07) is 8.39. The SMILES string of the molecule is Cc1ccc(N2C(=O)NC(=O)C3C2=NC(=O)C3(NC(=O)c2ccc(Cl)cc2)C(F)(F)F)cc1C. The quantitative estimate of drug-likeness (QED) is 0.685. The number of carbonyl (C=O) groups excluding carboxylic acids is 4. The number of hydrogen-bond acceptors (Lipinski definition) is 4. The molecule has 5 amide bonds. The van der Waals surface area contributed by atoms with Crippen LogP contribution in [-0.4, -0.2) is 41.3 Å². The summed E-state index contributed by atoms with van der Waals surface area (Å²) in [6.07, 6.45) is -5.44. The van der Waals surface area contributed by atoms with Crippen LogP contribution in [0, 0.1) is 19.8 Å². The number of halogens is 4. The number of amides is 5. The number of aliphatic imine (C=N–C) groups is 1. The number of hydrogen-bond donors (Lipinski definition) is 2. The van der Waals surface area contributed by atoms with Crippen molar-refractivity contribution in [3.05, 3.63) is 64.2 Å². The molecule has 2 aromatic rings. The Morgan fingerprint density at radius 3 is 2.32 bits per heavy atom. The number of imide groups is 1. The molecule has 2 heterocycles. The van der Waals surface area contributed by atoms with E-state index in [0.29, 0.717) is 5.56 Å². The Balaban J connectivity index is 1.82. The van der Waals surface area contributed by atoms with E-state index in [0.717, 1.165) is 22.6 Å². The van der Waals surface area contributed by atoms with Crippen molar-refractivity contribution in [3.8, 4) is 0 Å². The highest BCUT2D eigenvalue weighted by Gasteiger charge is 2.74. The van der Waals surface area contributed by atoms with Crippen LogP contribution in [0.4, 0.5) is 23.7 Å². The minimum absolute atomic E-state index is 0.103. The first-order valence-electron chi connectivity index (χ1n) is 9.87. The van der Waals surface area contributed by atoms with Crippen molar-refractivity contribution in [3.63, 3.8) is 0 Å². The summed E-state index contributed by atoms with van der Waals surface area (Å²) in [5, 5.41) is 3.77. The summed E-state index contributed by atoms with van der Waals surface area (Å²) in [4.78, 5) is 55.0. The fourth-order valence-electron chi connectivity index (χ4n) is 3.85. The molecule has 34 heavy (non-hydrogen) atoms. The van der Waals surface area contributed by atoms with Crippen LogP contribution < -0.4 is 15.5 Å². The van der Waals surface area contributed by atoms with Crippen LogP contribution in [0.2, 0.25) is 5.02 Å². The lowest BCUT2D eigenvalue weighted by molar-refractivity contribution is -0.201. The van der Waals surface area contributed by atoms with Gasteiger partial charge in [-0.3, -0.25) is 19.7 Å². The first kappa shape index (κ1) is 23.4. The van der Waals surface area contributed by atoms with Gasteiger partial charge in [0.05, 0.1) is 5.69 Å². The number of alkyl halides is 3. The van der Waals surface area contributed by atoms with Crippen molar-refractivity contribution in [1.29, 1.82) is 0 Å². The second-order valence-electron chi connectivity index (χ2n) is 7.87. The van der Waals surface area contributed by atoms with Crippen LogP contribution in [0.15, 0.2) is 47.5 Å². The van der Waals surface area contributed by atoms with Gasteiger partial charge in [-0.15, -0.1) is 0 Å². The molecule has 2 aliphatic rings. The normalized spacial score (nSPS) is 22.3. The molecule has 1 saturated heterocycles. The van der Waals surface area contributed by atoms with Crippen LogP contribution in [0.3, 0.4) is 0 Å². The Bertz CT molecular complexity index is 1280. The van der Waals surface area contributed by atoms with Crippen molar-refractivity contribution in [2.24, 2.45) is 10.9 Å². The summed E-state index contributed by atoms with van der Waals surface area (Å²) in [6.45, 7) is 3.51.